The fourth-order valence-corrected chi connectivity index (χ4v) is 3.75. The van der Waals surface area contributed by atoms with Gasteiger partial charge < -0.3 is 4.42 Å². The third-order valence-corrected chi connectivity index (χ3v) is 5.48. The van der Waals surface area contributed by atoms with Gasteiger partial charge in [0.25, 0.3) is 0 Å². The molecule has 3 aromatic carbocycles. The summed E-state index contributed by atoms with van der Waals surface area (Å²) in [6.07, 6.45) is 1.03. The van der Waals surface area contributed by atoms with Crippen molar-refractivity contribution in [3.05, 3.63) is 71.8 Å². The van der Waals surface area contributed by atoms with Crippen LogP contribution in [0.25, 0.3) is 21.9 Å². The molecule has 0 amide bonds. The summed E-state index contributed by atoms with van der Waals surface area (Å²) in [4.78, 5) is 0. The third-order valence-electron chi connectivity index (χ3n) is 4.41. The van der Waals surface area contributed by atoms with Gasteiger partial charge in [-0.2, -0.15) is 5.26 Å². The molecule has 0 aliphatic carbocycles. The van der Waals surface area contributed by atoms with Crippen molar-refractivity contribution in [3.8, 4) is 6.07 Å². The summed E-state index contributed by atoms with van der Waals surface area (Å²) in [5, 5.41) is 11.3. The van der Waals surface area contributed by atoms with Crippen LogP contribution in [0.4, 0.5) is 11.4 Å². The van der Waals surface area contributed by atoms with Gasteiger partial charge in [0.1, 0.15) is 6.07 Å². The Morgan fingerprint density at radius 2 is 1.64 bits per heavy atom. The first-order valence-electron chi connectivity index (χ1n) is 8.12. The number of halogens is 1. The zero-order valence-electron chi connectivity index (χ0n) is 13.7. The Bertz CT molecular complexity index is 1110. The van der Waals surface area contributed by atoms with E-state index in [9.17, 15) is 5.26 Å². The minimum Gasteiger partial charge on any atom is -0.452 e. The van der Waals surface area contributed by atoms with E-state index in [2.05, 4.69) is 63.2 Å². The van der Waals surface area contributed by atoms with Gasteiger partial charge in [-0.05, 0) is 36.2 Å². The number of hydrogen-bond acceptors (Lipinski definition) is 3. The zero-order valence-corrected chi connectivity index (χ0v) is 15.8. The first kappa shape index (κ1) is 16.0. The van der Waals surface area contributed by atoms with Crippen molar-refractivity contribution >= 4 is 56.2 Å². The summed E-state index contributed by atoms with van der Waals surface area (Å²) in [5.74, 6) is 0. The monoisotopic (exact) mass is 438 g/mol. The highest BCUT2D eigenvalue weighted by Crippen LogP contribution is 2.40. The van der Waals surface area contributed by atoms with Crippen molar-refractivity contribution in [3.63, 3.8) is 0 Å². The van der Waals surface area contributed by atoms with Crippen LogP contribution in [0.3, 0.4) is 0 Å². The number of benzene rings is 3. The summed E-state index contributed by atoms with van der Waals surface area (Å²) in [6, 6.07) is 22.5. The second-order valence-electron chi connectivity index (χ2n) is 5.85. The number of anilines is 2. The lowest BCUT2D eigenvalue weighted by atomic mass is 10.1. The summed E-state index contributed by atoms with van der Waals surface area (Å²) in [6.45, 7) is 2.15. The van der Waals surface area contributed by atoms with Crippen LogP contribution in [0.15, 0.2) is 65.1 Å². The van der Waals surface area contributed by atoms with E-state index in [1.165, 1.54) is 5.56 Å². The second kappa shape index (κ2) is 6.41. The van der Waals surface area contributed by atoms with Gasteiger partial charge in [0.2, 0.25) is 0 Å². The Labute approximate surface area is 160 Å². The predicted molar refractivity (Wildman–Crippen MR) is 110 cm³/mol. The van der Waals surface area contributed by atoms with Crippen LogP contribution in [-0.4, -0.2) is 0 Å². The van der Waals surface area contributed by atoms with E-state index in [0.717, 1.165) is 34.2 Å². The largest absolute Gasteiger partial charge is 0.452 e. The number of aryl methyl sites for hydroxylation is 1. The molecule has 0 atom stereocenters. The SMILES string of the molecule is CCc1ccc(N(I)c2cccc3c2oc2c(C#N)cccc23)cc1. The molecule has 4 rings (SSSR count). The smallest absolute Gasteiger partial charge is 0.159 e. The Morgan fingerprint density at radius 1 is 0.960 bits per heavy atom. The summed E-state index contributed by atoms with van der Waals surface area (Å²) >= 11 is 2.30. The number of nitrogens with zero attached hydrogens (tertiary/aromatic N) is 2. The fraction of sp³-hybridized carbons (Fsp3) is 0.0952. The Kier molecular flexibility index (Phi) is 4.10. The minimum absolute atomic E-state index is 0.562. The molecule has 0 radical (unpaired) electrons. The number of fused-ring (bicyclic) bond motifs is 3. The Morgan fingerprint density at radius 3 is 2.32 bits per heavy atom. The lowest BCUT2D eigenvalue weighted by Gasteiger charge is -2.17. The van der Waals surface area contributed by atoms with Gasteiger partial charge in [0.05, 0.1) is 39.8 Å². The molecule has 0 fully saturated rings. The molecule has 0 aliphatic heterocycles. The molecule has 1 aromatic heterocycles. The predicted octanol–water partition coefficient (Wildman–Crippen LogP) is 6.51. The van der Waals surface area contributed by atoms with Gasteiger partial charge in [-0.1, -0.05) is 43.3 Å². The molecular formula is C21H15IN2O. The van der Waals surface area contributed by atoms with Crippen molar-refractivity contribution in [1.82, 2.24) is 0 Å². The molecule has 25 heavy (non-hydrogen) atoms. The molecule has 0 N–H and O–H groups in total. The molecule has 3 nitrogen and oxygen atoms in total. The van der Waals surface area contributed by atoms with Crippen LogP contribution < -0.4 is 3.11 Å². The highest BCUT2D eigenvalue weighted by Gasteiger charge is 2.17. The van der Waals surface area contributed by atoms with E-state index in [1.807, 2.05) is 30.3 Å². The first-order chi connectivity index (χ1) is 12.2. The van der Waals surface area contributed by atoms with Crippen molar-refractivity contribution in [2.24, 2.45) is 0 Å². The van der Waals surface area contributed by atoms with Gasteiger partial charge in [-0.3, -0.25) is 3.11 Å². The van der Waals surface area contributed by atoms with Crippen LogP contribution >= 0.6 is 22.9 Å². The minimum atomic E-state index is 0.562. The lowest BCUT2D eigenvalue weighted by molar-refractivity contribution is 0.668. The van der Waals surface area contributed by atoms with E-state index in [0.29, 0.717) is 11.1 Å². The van der Waals surface area contributed by atoms with E-state index >= 15 is 0 Å². The zero-order chi connectivity index (χ0) is 17.4. The standard InChI is InChI=1S/C21H15IN2O/c1-2-14-9-11-16(12-10-14)24(22)19-8-4-7-18-17-6-3-5-15(13-23)20(17)25-21(18)19/h3-12H,2H2,1H3. The topological polar surface area (TPSA) is 40.2 Å². The van der Waals surface area contributed by atoms with Gasteiger partial charge in [0, 0.05) is 10.8 Å². The molecule has 0 saturated carbocycles. The average Bonchev–Trinajstić information content (AvgIpc) is 3.06. The molecule has 0 bridgehead atoms. The van der Waals surface area contributed by atoms with Gasteiger partial charge >= 0.3 is 0 Å². The molecule has 0 aliphatic rings. The van der Waals surface area contributed by atoms with Crippen molar-refractivity contribution in [2.75, 3.05) is 3.11 Å². The molecular weight excluding hydrogens is 423 g/mol. The maximum Gasteiger partial charge on any atom is 0.159 e. The lowest BCUT2D eigenvalue weighted by Crippen LogP contribution is -2.01. The van der Waals surface area contributed by atoms with Gasteiger partial charge in [-0.25, -0.2) is 0 Å². The number of nitriles is 1. The van der Waals surface area contributed by atoms with E-state index in [-0.39, 0.29) is 0 Å². The Hall–Kier alpha value is -2.52. The molecule has 0 saturated heterocycles. The van der Waals surface area contributed by atoms with Crippen molar-refractivity contribution < 1.29 is 4.42 Å². The van der Waals surface area contributed by atoms with Crippen LogP contribution in [0.5, 0.6) is 0 Å². The van der Waals surface area contributed by atoms with Crippen LogP contribution in [0, 0.1) is 11.3 Å². The molecule has 0 unspecified atom stereocenters. The highest BCUT2D eigenvalue weighted by atomic mass is 127. The fourth-order valence-electron chi connectivity index (χ4n) is 3.05. The van der Waals surface area contributed by atoms with E-state index in [1.54, 1.807) is 6.07 Å². The van der Waals surface area contributed by atoms with Gasteiger partial charge in [-0.15, -0.1) is 0 Å². The quantitative estimate of drug-likeness (QED) is 0.271. The number of furan rings is 1. The van der Waals surface area contributed by atoms with Crippen LogP contribution in [0.1, 0.15) is 18.1 Å². The average molecular weight is 438 g/mol. The molecule has 0 spiro atoms. The summed E-state index contributed by atoms with van der Waals surface area (Å²) < 4.78 is 8.22. The third kappa shape index (κ3) is 2.65. The van der Waals surface area contributed by atoms with E-state index in [4.69, 9.17) is 4.42 Å². The summed E-state index contributed by atoms with van der Waals surface area (Å²) in [7, 11) is 0. The van der Waals surface area contributed by atoms with Crippen molar-refractivity contribution in [1.29, 1.82) is 5.26 Å². The molecule has 4 aromatic rings. The first-order valence-corrected chi connectivity index (χ1v) is 9.08. The second-order valence-corrected chi connectivity index (χ2v) is 6.82. The van der Waals surface area contributed by atoms with E-state index < -0.39 is 0 Å². The normalized spacial score (nSPS) is 10.9. The van der Waals surface area contributed by atoms with Crippen LogP contribution in [0.2, 0.25) is 0 Å². The number of para-hydroxylation sites is 2. The van der Waals surface area contributed by atoms with Gasteiger partial charge in [0.15, 0.2) is 11.2 Å². The van der Waals surface area contributed by atoms with Crippen LogP contribution in [-0.2, 0) is 6.42 Å². The highest BCUT2D eigenvalue weighted by molar-refractivity contribution is 14.1. The Balaban J connectivity index is 1.91. The maximum atomic E-state index is 9.34. The molecule has 1 heterocycles. The number of hydrogen-bond donors (Lipinski definition) is 0. The van der Waals surface area contributed by atoms with Crippen molar-refractivity contribution in [2.45, 2.75) is 13.3 Å². The number of rotatable bonds is 3. The maximum absolute atomic E-state index is 9.34. The summed E-state index contributed by atoms with van der Waals surface area (Å²) in [5.41, 5.74) is 5.39. The molecule has 122 valence electrons. The molecule has 4 heteroatoms.